The maximum absolute atomic E-state index is 12.4. The number of pyridine rings is 1. The van der Waals surface area contributed by atoms with Crippen molar-refractivity contribution < 1.29 is 14.7 Å². The number of carboxylic acid groups (broad SMARTS) is 1. The lowest BCUT2D eigenvalue weighted by Gasteiger charge is -2.20. The predicted molar refractivity (Wildman–Crippen MR) is 106 cm³/mol. The molecule has 1 amide bonds. The van der Waals surface area contributed by atoms with Gasteiger partial charge in [-0.25, -0.2) is 4.98 Å². The number of hydrogen-bond acceptors (Lipinski definition) is 3. The molecule has 0 saturated heterocycles. The molecule has 0 radical (unpaired) electrons. The number of aliphatic carboxylic acids is 1. The number of para-hydroxylation sites is 1. The number of aromatic nitrogens is 2. The van der Waals surface area contributed by atoms with Crippen molar-refractivity contribution >= 4 is 22.9 Å². The van der Waals surface area contributed by atoms with E-state index in [2.05, 4.69) is 4.98 Å². The smallest absolute Gasteiger partial charge is 0.307 e. The van der Waals surface area contributed by atoms with Crippen molar-refractivity contribution in [1.29, 1.82) is 0 Å². The van der Waals surface area contributed by atoms with Crippen LogP contribution in [0.25, 0.3) is 16.7 Å². The number of aryl methyl sites for hydroxylation is 1. The first-order valence-corrected chi connectivity index (χ1v) is 9.46. The molecule has 2 aromatic heterocycles. The van der Waals surface area contributed by atoms with Crippen molar-refractivity contribution in [3.05, 3.63) is 59.4 Å². The Labute approximate surface area is 163 Å². The number of hydrogen-bond donors (Lipinski definition) is 1. The van der Waals surface area contributed by atoms with Gasteiger partial charge in [-0.15, -0.1) is 0 Å². The summed E-state index contributed by atoms with van der Waals surface area (Å²) in [6, 6.07) is 11.7. The zero-order valence-corrected chi connectivity index (χ0v) is 16.1. The summed E-state index contributed by atoms with van der Waals surface area (Å²) >= 11 is 0. The lowest BCUT2D eigenvalue weighted by molar-refractivity contribution is -0.136. The fourth-order valence-corrected chi connectivity index (χ4v) is 3.61. The lowest BCUT2D eigenvalue weighted by Crippen LogP contribution is -2.28. The molecule has 144 valence electrons. The van der Waals surface area contributed by atoms with Crippen LogP contribution < -0.4 is 0 Å². The second-order valence-corrected chi connectivity index (χ2v) is 7.52. The van der Waals surface area contributed by atoms with Crippen molar-refractivity contribution in [2.24, 2.45) is 5.92 Å². The highest BCUT2D eigenvalue weighted by Crippen LogP contribution is 2.32. The minimum absolute atomic E-state index is 0.0591. The highest BCUT2D eigenvalue weighted by atomic mass is 16.4. The molecule has 0 bridgehead atoms. The van der Waals surface area contributed by atoms with Crippen molar-refractivity contribution in [2.45, 2.75) is 32.7 Å². The average molecular weight is 377 g/mol. The Morgan fingerprint density at radius 3 is 2.64 bits per heavy atom. The standard InChI is InChI=1S/C22H23N3O3/c1-14-7-10-18-17(11-20(26)27)13-25(21(18)23-14)19-6-4-3-5-16(19)12-24(2)22(28)15-8-9-15/h3-7,10,13,15H,8-9,11-12H2,1-2H3,(H,26,27). The predicted octanol–water partition coefficient (Wildman–Crippen LogP) is 3.33. The van der Waals surface area contributed by atoms with Gasteiger partial charge in [-0.1, -0.05) is 18.2 Å². The van der Waals surface area contributed by atoms with E-state index in [1.807, 2.05) is 61.1 Å². The van der Waals surface area contributed by atoms with E-state index in [1.165, 1.54) is 0 Å². The van der Waals surface area contributed by atoms with Gasteiger partial charge in [0.1, 0.15) is 5.65 Å². The summed E-state index contributed by atoms with van der Waals surface area (Å²) in [6.07, 6.45) is 3.76. The molecule has 1 aromatic carbocycles. The van der Waals surface area contributed by atoms with Crippen LogP contribution >= 0.6 is 0 Å². The van der Waals surface area contributed by atoms with Crippen LogP contribution in [0.5, 0.6) is 0 Å². The summed E-state index contributed by atoms with van der Waals surface area (Å²) < 4.78 is 1.95. The summed E-state index contributed by atoms with van der Waals surface area (Å²) in [4.78, 5) is 30.1. The molecular formula is C22H23N3O3. The van der Waals surface area contributed by atoms with Crippen LogP contribution in [0.15, 0.2) is 42.6 Å². The fraction of sp³-hybridized carbons (Fsp3) is 0.318. The fourth-order valence-electron chi connectivity index (χ4n) is 3.61. The molecule has 4 rings (SSSR count). The highest BCUT2D eigenvalue weighted by molar-refractivity contribution is 5.87. The molecule has 6 nitrogen and oxygen atoms in total. The molecule has 28 heavy (non-hydrogen) atoms. The second-order valence-electron chi connectivity index (χ2n) is 7.52. The molecule has 1 aliphatic rings. The van der Waals surface area contributed by atoms with Crippen molar-refractivity contribution in [3.63, 3.8) is 0 Å². The summed E-state index contributed by atoms with van der Waals surface area (Å²) in [6.45, 7) is 2.42. The van der Waals surface area contributed by atoms with Crippen LogP contribution in [0.3, 0.4) is 0 Å². The van der Waals surface area contributed by atoms with Gasteiger partial charge in [0, 0.05) is 36.8 Å². The molecule has 0 unspecified atom stereocenters. The highest BCUT2D eigenvalue weighted by Gasteiger charge is 2.32. The Kier molecular flexibility index (Phi) is 4.63. The Hall–Kier alpha value is -3.15. The van der Waals surface area contributed by atoms with E-state index in [0.717, 1.165) is 46.4 Å². The lowest BCUT2D eigenvalue weighted by atomic mass is 10.1. The van der Waals surface area contributed by atoms with Gasteiger partial charge < -0.3 is 14.6 Å². The summed E-state index contributed by atoms with van der Waals surface area (Å²) in [5.41, 5.74) is 4.25. The van der Waals surface area contributed by atoms with Gasteiger partial charge in [0.05, 0.1) is 12.1 Å². The van der Waals surface area contributed by atoms with Gasteiger partial charge in [-0.05, 0) is 49.1 Å². The van der Waals surface area contributed by atoms with Gasteiger partial charge in [-0.2, -0.15) is 0 Å². The Bertz CT molecular complexity index is 1070. The van der Waals surface area contributed by atoms with Crippen molar-refractivity contribution in [3.8, 4) is 5.69 Å². The summed E-state index contributed by atoms with van der Waals surface area (Å²) in [5.74, 6) is -0.508. The third-order valence-corrected chi connectivity index (χ3v) is 5.18. The molecule has 1 N–H and O–H groups in total. The molecule has 0 spiro atoms. The molecule has 2 heterocycles. The molecule has 0 aliphatic heterocycles. The van der Waals surface area contributed by atoms with E-state index >= 15 is 0 Å². The zero-order valence-electron chi connectivity index (χ0n) is 16.1. The van der Waals surface area contributed by atoms with Crippen molar-refractivity contribution in [2.75, 3.05) is 7.05 Å². The van der Waals surface area contributed by atoms with E-state index in [9.17, 15) is 14.7 Å². The molecule has 3 aromatic rings. The topological polar surface area (TPSA) is 75.4 Å². The Morgan fingerprint density at radius 1 is 1.18 bits per heavy atom. The number of amides is 1. The molecule has 1 saturated carbocycles. The van der Waals surface area contributed by atoms with Gasteiger partial charge in [0.25, 0.3) is 0 Å². The number of fused-ring (bicyclic) bond motifs is 1. The quantitative estimate of drug-likeness (QED) is 0.715. The van der Waals surface area contributed by atoms with Crippen LogP contribution in [0.1, 0.15) is 29.7 Å². The third kappa shape index (κ3) is 3.50. The Balaban J connectivity index is 1.78. The van der Waals surface area contributed by atoms with E-state index in [-0.39, 0.29) is 18.2 Å². The van der Waals surface area contributed by atoms with E-state index in [1.54, 1.807) is 4.90 Å². The minimum Gasteiger partial charge on any atom is -0.481 e. The first-order valence-electron chi connectivity index (χ1n) is 9.46. The van der Waals surface area contributed by atoms with Crippen LogP contribution in [-0.4, -0.2) is 38.5 Å². The Morgan fingerprint density at radius 2 is 1.93 bits per heavy atom. The van der Waals surface area contributed by atoms with E-state index in [4.69, 9.17) is 0 Å². The van der Waals surface area contributed by atoms with Gasteiger partial charge >= 0.3 is 5.97 Å². The van der Waals surface area contributed by atoms with Gasteiger partial charge in [0.15, 0.2) is 0 Å². The third-order valence-electron chi connectivity index (χ3n) is 5.18. The molecular weight excluding hydrogens is 354 g/mol. The van der Waals surface area contributed by atoms with Crippen LogP contribution in [-0.2, 0) is 22.6 Å². The van der Waals surface area contributed by atoms with Crippen LogP contribution in [0.2, 0.25) is 0 Å². The summed E-state index contributed by atoms with van der Waals surface area (Å²) in [5, 5.41) is 10.1. The number of carbonyl (C=O) groups excluding carboxylic acids is 1. The number of rotatable bonds is 6. The van der Waals surface area contributed by atoms with Crippen molar-refractivity contribution in [1.82, 2.24) is 14.5 Å². The normalized spacial score (nSPS) is 13.6. The largest absolute Gasteiger partial charge is 0.481 e. The van der Waals surface area contributed by atoms with Gasteiger partial charge in [0.2, 0.25) is 5.91 Å². The zero-order chi connectivity index (χ0) is 19.8. The number of benzene rings is 1. The first-order chi connectivity index (χ1) is 13.4. The molecule has 6 heteroatoms. The second kappa shape index (κ2) is 7.11. The van der Waals surface area contributed by atoms with Gasteiger partial charge in [-0.3, -0.25) is 9.59 Å². The number of carbonyl (C=O) groups is 2. The molecule has 0 atom stereocenters. The maximum atomic E-state index is 12.4. The van der Waals surface area contributed by atoms with Crippen LogP contribution in [0.4, 0.5) is 0 Å². The summed E-state index contributed by atoms with van der Waals surface area (Å²) in [7, 11) is 1.84. The van der Waals surface area contributed by atoms with E-state index in [0.29, 0.717) is 6.54 Å². The number of nitrogens with zero attached hydrogens (tertiary/aromatic N) is 3. The minimum atomic E-state index is -0.873. The molecule has 1 fully saturated rings. The first kappa shape index (κ1) is 18.2. The SMILES string of the molecule is Cc1ccc2c(CC(=O)O)cn(-c3ccccc3CN(C)C(=O)C3CC3)c2n1. The van der Waals surface area contributed by atoms with E-state index < -0.39 is 5.97 Å². The van der Waals surface area contributed by atoms with Crippen LogP contribution in [0, 0.1) is 12.8 Å². The number of carboxylic acids is 1. The molecule has 1 aliphatic carbocycles. The average Bonchev–Trinajstić information content (AvgIpc) is 3.45. The monoisotopic (exact) mass is 377 g/mol. The maximum Gasteiger partial charge on any atom is 0.307 e.